The molecule has 0 amide bonds. The Kier molecular flexibility index (Phi) is 7.92. The van der Waals surface area contributed by atoms with Gasteiger partial charge < -0.3 is 4.43 Å². The molecule has 1 rings (SSSR count). The van der Waals surface area contributed by atoms with E-state index in [1.54, 1.807) is 0 Å². The van der Waals surface area contributed by atoms with Gasteiger partial charge in [-0.2, -0.15) is 0 Å². The molecule has 0 aliphatic carbocycles. The van der Waals surface area contributed by atoms with Crippen LogP contribution in [-0.4, -0.2) is 14.4 Å². The van der Waals surface area contributed by atoms with E-state index >= 15 is 0 Å². The molecule has 1 fully saturated rings. The lowest BCUT2D eigenvalue weighted by Crippen LogP contribution is -2.39. The van der Waals surface area contributed by atoms with Crippen molar-refractivity contribution >= 4 is 8.32 Å². The van der Waals surface area contributed by atoms with Crippen molar-refractivity contribution in [2.24, 2.45) is 0 Å². The Balaban J connectivity index is 1.93. The van der Waals surface area contributed by atoms with Gasteiger partial charge in [0.25, 0.3) is 0 Å². The summed E-state index contributed by atoms with van der Waals surface area (Å²) in [7, 11) is -1.25. The molecule has 0 radical (unpaired) electrons. The van der Waals surface area contributed by atoms with Crippen molar-refractivity contribution in [3.63, 3.8) is 0 Å². The molecule has 18 heavy (non-hydrogen) atoms. The Bertz CT molecular complexity index is 225. The second kappa shape index (κ2) is 8.92. The molecule has 0 spiro atoms. The quantitative estimate of drug-likeness (QED) is 0.297. The molecule has 0 N–H and O–H groups in total. The third kappa shape index (κ3) is 7.37. The van der Waals surface area contributed by atoms with Crippen LogP contribution < -0.4 is 0 Å². The van der Waals surface area contributed by atoms with Crippen molar-refractivity contribution in [1.29, 1.82) is 0 Å². The van der Waals surface area contributed by atoms with Crippen LogP contribution in [0.1, 0.15) is 64.2 Å². The largest absolute Gasteiger partial charge is 0.414 e. The van der Waals surface area contributed by atoms with Gasteiger partial charge in [-0.1, -0.05) is 44.6 Å². The standard InChI is InChI=1S/C16H32OSi/c1-4-5-6-7-8-9-10-11-13-16-14-12-15-18(2,3)17-16/h4,16H,1,5-15H2,2-3H3. The van der Waals surface area contributed by atoms with E-state index in [1.807, 2.05) is 6.08 Å². The summed E-state index contributed by atoms with van der Waals surface area (Å²) < 4.78 is 6.26. The summed E-state index contributed by atoms with van der Waals surface area (Å²) in [5.41, 5.74) is 0. The second-order valence-corrected chi connectivity index (χ2v) is 10.6. The molecule has 0 aromatic heterocycles. The smallest absolute Gasteiger partial charge is 0.187 e. The van der Waals surface area contributed by atoms with Crippen molar-refractivity contribution in [2.75, 3.05) is 0 Å². The molecule has 1 saturated heterocycles. The predicted octanol–water partition coefficient (Wildman–Crippen LogP) is 5.68. The second-order valence-electron chi connectivity index (χ2n) is 6.38. The van der Waals surface area contributed by atoms with Crippen molar-refractivity contribution in [2.45, 2.75) is 89.5 Å². The van der Waals surface area contributed by atoms with Gasteiger partial charge in [0, 0.05) is 6.10 Å². The average Bonchev–Trinajstić information content (AvgIpc) is 2.31. The Labute approximate surface area is 115 Å². The van der Waals surface area contributed by atoms with Gasteiger partial charge in [0.05, 0.1) is 0 Å². The fraction of sp³-hybridized carbons (Fsp3) is 0.875. The molecule has 0 aromatic rings. The van der Waals surface area contributed by atoms with Crippen molar-refractivity contribution in [1.82, 2.24) is 0 Å². The highest BCUT2D eigenvalue weighted by molar-refractivity contribution is 6.71. The van der Waals surface area contributed by atoms with E-state index in [0.29, 0.717) is 6.10 Å². The minimum Gasteiger partial charge on any atom is -0.414 e. The molecule has 106 valence electrons. The molecule has 1 heterocycles. The van der Waals surface area contributed by atoms with Crippen LogP contribution in [-0.2, 0) is 4.43 Å². The molecule has 1 nitrogen and oxygen atoms in total. The zero-order chi connectivity index (χ0) is 13.3. The molecule has 0 bridgehead atoms. The lowest BCUT2D eigenvalue weighted by atomic mass is 10.0. The van der Waals surface area contributed by atoms with Crippen LogP contribution in [0.15, 0.2) is 12.7 Å². The fourth-order valence-electron chi connectivity index (χ4n) is 2.90. The lowest BCUT2D eigenvalue weighted by Gasteiger charge is -2.34. The highest BCUT2D eigenvalue weighted by Gasteiger charge is 2.30. The Morgan fingerprint density at radius 2 is 1.78 bits per heavy atom. The van der Waals surface area contributed by atoms with Gasteiger partial charge in [0.15, 0.2) is 8.32 Å². The SMILES string of the molecule is C=CCCCCCCCCC1CCC[Si](C)(C)O1. The van der Waals surface area contributed by atoms with Crippen LogP contribution in [0, 0.1) is 0 Å². The number of hydrogen-bond acceptors (Lipinski definition) is 1. The predicted molar refractivity (Wildman–Crippen MR) is 83.5 cm³/mol. The van der Waals surface area contributed by atoms with Gasteiger partial charge in [0.1, 0.15) is 0 Å². The van der Waals surface area contributed by atoms with E-state index in [2.05, 4.69) is 19.7 Å². The minimum atomic E-state index is -1.25. The fourth-order valence-corrected chi connectivity index (χ4v) is 5.21. The summed E-state index contributed by atoms with van der Waals surface area (Å²) in [6.45, 7) is 8.51. The zero-order valence-corrected chi connectivity index (χ0v) is 13.5. The molecule has 1 aliphatic heterocycles. The molecular weight excluding hydrogens is 236 g/mol. The highest BCUT2D eigenvalue weighted by Crippen LogP contribution is 2.28. The molecule has 1 aliphatic rings. The van der Waals surface area contributed by atoms with E-state index < -0.39 is 8.32 Å². The van der Waals surface area contributed by atoms with E-state index in [-0.39, 0.29) is 0 Å². The summed E-state index contributed by atoms with van der Waals surface area (Å²) >= 11 is 0. The summed E-state index contributed by atoms with van der Waals surface area (Å²) in [6, 6.07) is 1.37. The topological polar surface area (TPSA) is 9.23 Å². The summed E-state index contributed by atoms with van der Waals surface area (Å²) in [5, 5.41) is 0. The van der Waals surface area contributed by atoms with Crippen LogP contribution in [0.3, 0.4) is 0 Å². The number of allylic oxidation sites excluding steroid dienone is 1. The van der Waals surface area contributed by atoms with Crippen molar-refractivity contribution in [3.8, 4) is 0 Å². The van der Waals surface area contributed by atoms with Crippen LogP contribution in [0.25, 0.3) is 0 Å². The molecule has 0 aromatic carbocycles. The van der Waals surface area contributed by atoms with Gasteiger partial charge in [-0.25, -0.2) is 0 Å². The van der Waals surface area contributed by atoms with Gasteiger partial charge in [-0.15, -0.1) is 6.58 Å². The van der Waals surface area contributed by atoms with Gasteiger partial charge in [-0.05, 0) is 44.8 Å². The Hall–Kier alpha value is -0.0831. The molecular formula is C16H32OSi. The highest BCUT2D eigenvalue weighted by atomic mass is 28.4. The first-order valence-corrected chi connectivity index (χ1v) is 11.0. The Morgan fingerprint density at radius 1 is 1.11 bits per heavy atom. The average molecular weight is 269 g/mol. The Morgan fingerprint density at radius 3 is 2.44 bits per heavy atom. The molecule has 2 heteroatoms. The van der Waals surface area contributed by atoms with E-state index in [4.69, 9.17) is 4.43 Å². The van der Waals surface area contributed by atoms with Crippen LogP contribution in [0.2, 0.25) is 19.1 Å². The molecule has 0 saturated carbocycles. The minimum absolute atomic E-state index is 0.598. The first-order chi connectivity index (χ1) is 8.64. The third-order valence-electron chi connectivity index (χ3n) is 3.97. The van der Waals surface area contributed by atoms with Gasteiger partial charge in [-0.3, -0.25) is 0 Å². The van der Waals surface area contributed by atoms with E-state index in [1.165, 1.54) is 70.3 Å². The first kappa shape index (κ1) is 16.0. The summed E-state index contributed by atoms with van der Waals surface area (Å²) in [6.07, 6.45) is 16.1. The van der Waals surface area contributed by atoms with Crippen LogP contribution >= 0.6 is 0 Å². The normalized spacial score (nSPS) is 22.9. The van der Waals surface area contributed by atoms with E-state index in [9.17, 15) is 0 Å². The van der Waals surface area contributed by atoms with Crippen LogP contribution in [0.4, 0.5) is 0 Å². The van der Waals surface area contributed by atoms with Crippen LogP contribution in [0.5, 0.6) is 0 Å². The van der Waals surface area contributed by atoms with Gasteiger partial charge in [0.2, 0.25) is 0 Å². The van der Waals surface area contributed by atoms with Crippen molar-refractivity contribution < 1.29 is 4.43 Å². The number of hydrogen-bond donors (Lipinski definition) is 0. The molecule has 1 unspecified atom stereocenters. The third-order valence-corrected chi connectivity index (χ3v) is 6.50. The maximum Gasteiger partial charge on any atom is 0.187 e. The zero-order valence-electron chi connectivity index (χ0n) is 12.5. The van der Waals surface area contributed by atoms with Crippen molar-refractivity contribution in [3.05, 3.63) is 12.7 Å². The lowest BCUT2D eigenvalue weighted by molar-refractivity contribution is 0.148. The summed E-state index contributed by atoms with van der Waals surface area (Å²) in [4.78, 5) is 0. The maximum atomic E-state index is 6.26. The van der Waals surface area contributed by atoms with E-state index in [0.717, 1.165) is 0 Å². The number of unbranched alkanes of at least 4 members (excludes halogenated alkanes) is 6. The maximum absolute atomic E-state index is 6.26. The molecule has 1 atom stereocenters. The number of rotatable bonds is 9. The summed E-state index contributed by atoms with van der Waals surface area (Å²) in [5.74, 6) is 0. The first-order valence-electron chi connectivity index (χ1n) is 7.93. The monoisotopic (exact) mass is 268 g/mol. The van der Waals surface area contributed by atoms with Gasteiger partial charge >= 0.3 is 0 Å².